The summed E-state index contributed by atoms with van der Waals surface area (Å²) in [7, 11) is 1.35. The zero-order chi connectivity index (χ0) is 10.8. The number of nitrogens with zero attached hydrogens (tertiary/aromatic N) is 3. The Kier molecular flexibility index (Phi) is 2.92. The van der Waals surface area contributed by atoms with Crippen molar-refractivity contribution in [2.45, 2.75) is 6.42 Å². The Bertz CT molecular complexity index is 514. The average Bonchev–Trinajstić information content (AvgIpc) is 2.59. The van der Waals surface area contributed by atoms with Gasteiger partial charge in [0, 0.05) is 0 Å². The number of rotatable bonds is 2. The molecule has 0 aliphatic rings. The van der Waals surface area contributed by atoms with Crippen LogP contribution in [0.15, 0.2) is 10.8 Å². The lowest BCUT2D eigenvalue weighted by Crippen LogP contribution is -2.03. The number of hydrogen-bond acceptors (Lipinski definition) is 6. The van der Waals surface area contributed by atoms with Gasteiger partial charge in [-0.1, -0.05) is 11.3 Å². The van der Waals surface area contributed by atoms with E-state index in [4.69, 9.17) is 0 Å². The van der Waals surface area contributed by atoms with Crippen LogP contribution in [-0.4, -0.2) is 28.0 Å². The van der Waals surface area contributed by atoms with Gasteiger partial charge < -0.3 is 4.74 Å². The topological polar surface area (TPSA) is 65.0 Å². The molecule has 5 nitrogen and oxygen atoms in total. The van der Waals surface area contributed by atoms with Gasteiger partial charge in [-0.05, 0) is 15.9 Å². The number of thiazole rings is 1. The lowest BCUT2D eigenvalue weighted by atomic mass is 10.5. The van der Waals surface area contributed by atoms with Crippen molar-refractivity contribution >= 4 is 43.7 Å². The molecular weight excluding hydrogens is 282 g/mol. The number of hydrogen-bond donors (Lipinski definition) is 0. The maximum atomic E-state index is 11.0. The number of fused-ring (bicyclic) bond motifs is 1. The van der Waals surface area contributed by atoms with Crippen LogP contribution in [0.25, 0.3) is 10.5 Å². The molecular formula is C8H6BrN3O2S. The minimum atomic E-state index is -0.312. The molecule has 0 bridgehead atoms. The predicted octanol–water partition coefficient (Wildman–Crippen LogP) is 1.56. The molecule has 0 unspecified atom stereocenters. The quantitative estimate of drug-likeness (QED) is 0.785. The summed E-state index contributed by atoms with van der Waals surface area (Å²) in [5, 5.41) is 0.662. The molecule has 0 aliphatic heterocycles. The van der Waals surface area contributed by atoms with Crippen LogP contribution < -0.4 is 0 Å². The Hall–Kier alpha value is -1.08. The van der Waals surface area contributed by atoms with Gasteiger partial charge in [-0.15, -0.1) is 0 Å². The van der Waals surface area contributed by atoms with Crippen molar-refractivity contribution in [1.82, 2.24) is 15.0 Å². The summed E-state index contributed by atoms with van der Waals surface area (Å²) < 4.78 is 5.21. The molecule has 2 heterocycles. The van der Waals surface area contributed by atoms with Gasteiger partial charge in [0.05, 0.1) is 19.7 Å². The highest BCUT2D eigenvalue weighted by Gasteiger charge is 2.10. The second kappa shape index (κ2) is 4.19. The molecule has 0 saturated carbocycles. The van der Waals surface area contributed by atoms with Crippen LogP contribution in [0.5, 0.6) is 0 Å². The number of ether oxygens (including phenoxy) is 1. The minimum absolute atomic E-state index is 0.164. The first-order valence-electron chi connectivity index (χ1n) is 4.04. The SMILES string of the molecule is COC(=O)Cc1nc2ncc(Br)nc2s1. The van der Waals surface area contributed by atoms with Gasteiger partial charge in [0.2, 0.25) is 0 Å². The largest absolute Gasteiger partial charge is 0.469 e. The van der Waals surface area contributed by atoms with E-state index in [1.165, 1.54) is 18.4 Å². The number of aromatic nitrogens is 3. The fraction of sp³-hybridized carbons (Fsp3) is 0.250. The van der Waals surface area contributed by atoms with Crippen molar-refractivity contribution in [2.24, 2.45) is 0 Å². The van der Waals surface area contributed by atoms with E-state index in [1.807, 2.05) is 0 Å². The lowest BCUT2D eigenvalue weighted by Gasteiger charge is -1.92. The summed E-state index contributed by atoms with van der Waals surface area (Å²) in [6.07, 6.45) is 1.74. The van der Waals surface area contributed by atoms with E-state index in [9.17, 15) is 4.79 Å². The molecule has 0 atom stereocenters. The monoisotopic (exact) mass is 287 g/mol. The number of methoxy groups -OCH3 is 1. The second-order valence-electron chi connectivity index (χ2n) is 2.68. The molecule has 0 saturated heterocycles. The van der Waals surface area contributed by atoms with E-state index in [0.717, 1.165) is 0 Å². The Morgan fingerprint density at radius 2 is 2.40 bits per heavy atom. The summed E-state index contributed by atoms with van der Waals surface area (Å²) in [5.74, 6) is -0.312. The third kappa shape index (κ3) is 2.29. The summed E-state index contributed by atoms with van der Waals surface area (Å²) in [6, 6.07) is 0. The van der Waals surface area contributed by atoms with Crippen LogP contribution in [-0.2, 0) is 16.0 Å². The molecule has 2 aromatic rings. The Labute approximate surface area is 97.6 Å². The van der Waals surface area contributed by atoms with Gasteiger partial charge >= 0.3 is 5.97 Å². The molecule has 0 fully saturated rings. The van der Waals surface area contributed by atoms with Crippen molar-refractivity contribution in [2.75, 3.05) is 7.11 Å². The van der Waals surface area contributed by atoms with Crippen LogP contribution in [0, 0.1) is 0 Å². The maximum Gasteiger partial charge on any atom is 0.312 e. The van der Waals surface area contributed by atoms with Gasteiger partial charge in [0.1, 0.15) is 9.61 Å². The van der Waals surface area contributed by atoms with Gasteiger partial charge in [0.15, 0.2) is 10.5 Å². The van der Waals surface area contributed by atoms with Crippen molar-refractivity contribution in [3.8, 4) is 0 Å². The van der Waals surface area contributed by atoms with Gasteiger partial charge in [-0.3, -0.25) is 4.79 Å². The molecule has 2 aromatic heterocycles. The fourth-order valence-corrected chi connectivity index (χ4v) is 2.29. The first-order valence-corrected chi connectivity index (χ1v) is 5.65. The van der Waals surface area contributed by atoms with Crippen LogP contribution in [0.3, 0.4) is 0 Å². The van der Waals surface area contributed by atoms with Crippen LogP contribution >= 0.6 is 27.3 Å². The van der Waals surface area contributed by atoms with E-state index < -0.39 is 0 Å². The lowest BCUT2D eigenvalue weighted by molar-refractivity contribution is -0.139. The normalized spacial score (nSPS) is 10.5. The molecule has 0 radical (unpaired) electrons. The maximum absolute atomic E-state index is 11.0. The van der Waals surface area contributed by atoms with E-state index in [-0.39, 0.29) is 12.4 Å². The number of halogens is 1. The molecule has 0 aliphatic carbocycles. The van der Waals surface area contributed by atoms with E-state index in [1.54, 1.807) is 6.20 Å². The van der Waals surface area contributed by atoms with E-state index in [0.29, 0.717) is 20.1 Å². The van der Waals surface area contributed by atoms with Gasteiger partial charge in [-0.2, -0.15) is 0 Å². The van der Waals surface area contributed by atoms with Crippen LogP contribution in [0.4, 0.5) is 0 Å². The summed E-state index contributed by atoms with van der Waals surface area (Å²) in [5.41, 5.74) is 0.558. The molecule has 0 amide bonds. The molecule has 78 valence electrons. The van der Waals surface area contributed by atoms with E-state index in [2.05, 4.69) is 35.6 Å². The Balaban J connectivity index is 2.34. The van der Waals surface area contributed by atoms with Gasteiger partial charge in [-0.25, -0.2) is 15.0 Å². The Morgan fingerprint density at radius 3 is 3.13 bits per heavy atom. The number of carbonyl (C=O) groups is 1. The standard InChI is InChI=1S/C8H6BrN3O2S/c1-14-6(13)2-5-12-7-8(15-5)11-4(9)3-10-7/h3H,2H2,1H3. The third-order valence-electron chi connectivity index (χ3n) is 1.66. The van der Waals surface area contributed by atoms with Crippen molar-refractivity contribution in [3.63, 3.8) is 0 Å². The highest BCUT2D eigenvalue weighted by Crippen LogP contribution is 2.20. The zero-order valence-electron chi connectivity index (χ0n) is 7.73. The third-order valence-corrected chi connectivity index (χ3v) is 2.98. The minimum Gasteiger partial charge on any atom is -0.469 e. The summed E-state index contributed by atoms with van der Waals surface area (Å²) >= 11 is 4.56. The number of esters is 1. The highest BCUT2D eigenvalue weighted by atomic mass is 79.9. The first-order chi connectivity index (χ1) is 7.19. The highest BCUT2D eigenvalue weighted by molar-refractivity contribution is 9.10. The molecule has 0 aromatic carbocycles. The second-order valence-corrected chi connectivity index (χ2v) is 4.56. The molecule has 0 N–H and O–H groups in total. The summed E-state index contributed by atoms with van der Waals surface area (Å²) in [6.45, 7) is 0. The van der Waals surface area contributed by atoms with Crippen molar-refractivity contribution in [1.29, 1.82) is 0 Å². The van der Waals surface area contributed by atoms with Gasteiger partial charge in [0.25, 0.3) is 0 Å². The molecule has 15 heavy (non-hydrogen) atoms. The van der Waals surface area contributed by atoms with Crippen LogP contribution in [0.1, 0.15) is 5.01 Å². The smallest absolute Gasteiger partial charge is 0.312 e. The molecule has 0 spiro atoms. The van der Waals surface area contributed by atoms with Crippen molar-refractivity contribution in [3.05, 3.63) is 15.8 Å². The first kappa shape index (κ1) is 10.4. The van der Waals surface area contributed by atoms with Crippen molar-refractivity contribution < 1.29 is 9.53 Å². The molecule has 7 heteroatoms. The fourth-order valence-electron chi connectivity index (χ4n) is 1.01. The Morgan fingerprint density at radius 1 is 1.60 bits per heavy atom. The summed E-state index contributed by atoms with van der Waals surface area (Å²) in [4.78, 5) is 24.2. The van der Waals surface area contributed by atoms with E-state index >= 15 is 0 Å². The average molecular weight is 288 g/mol. The number of carbonyl (C=O) groups excluding carboxylic acids is 1. The molecule has 2 rings (SSSR count). The zero-order valence-corrected chi connectivity index (χ0v) is 10.1. The van der Waals surface area contributed by atoms with Crippen LogP contribution in [0.2, 0.25) is 0 Å². The predicted molar refractivity (Wildman–Crippen MR) is 58.6 cm³/mol.